The first kappa shape index (κ1) is 45.4. The molecule has 57 heavy (non-hydrogen) atoms. The summed E-state index contributed by atoms with van der Waals surface area (Å²) in [6.45, 7) is -1.35. The van der Waals surface area contributed by atoms with E-state index in [1.54, 1.807) is 18.2 Å². The molecule has 1 aromatic heterocycles. The molecule has 1 fully saturated rings. The van der Waals surface area contributed by atoms with Crippen LogP contribution < -0.4 is 31.9 Å². The number of hydrogen-bond donors (Lipinski definition) is 9. The van der Waals surface area contributed by atoms with Crippen LogP contribution in [0.3, 0.4) is 0 Å². The standard InChI is InChI=1S/C35H43F2N9O10S/c1-39-23(32(53)44-24(13-29(50)51)33(54)45-25(17-57)34(55)56)6-2-3-11-40-26(47)8-9-27(48)43-22-7-4-5-20-21(10-12-41-30(20)22)31(52)42-16-28(49)46-18-35(36,37)14-19(46)15-38/h4-5,7,10,12,19,23-25,39,57H,2-3,6,8-9,11,13-14,16-18H2,1H3,(H,40,47)(H,42,52)(H,43,48)(H,44,53)(H,45,54)(H,50,51)(H,55,56)/t19-,23?,24-,25-/m0/s1. The number of pyridine rings is 1. The van der Waals surface area contributed by atoms with Gasteiger partial charge in [-0.1, -0.05) is 12.1 Å². The second kappa shape index (κ2) is 21.4. The Morgan fingerprint density at radius 3 is 2.32 bits per heavy atom. The number of benzene rings is 1. The van der Waals surface area contributed by atoms with Crippen LogP contribution in [0.5, 0.6) is 0 Å². The third-order valence-electron chi connectivity index (χ3n) is 8.72. The van der Waals surface area contributed by atoms with Crippen molar-refractivity contribution >= 4 is 76.6 Å². The molecule has 1 aliphatic heterocycles. The Labute approximate surface area is 330 Å². The number of carboxylic acids is 2. The van der Waals surface area contributed by atoms with Crippen molar-refractivity contribution in [3.63, 3.8) is 0 Å². The first-order valence-electron chi connectivity index (χ1n) is 17.6. The number of para-hydroxylation sites is 1. The van der Waals surface area contributed by atoms with E-state index in [9.17, 15) is 52.2 Å². The molecule has 6 amide bonds. The Morgan fingerprint density at radius 1 is 0.982 bits per heavy atom. The number of amides is 6. The average Bonchev–Trinajstić information content (AvgIpc) is 3.49. The number of likely N-dealkylation sites (tertiary alicyclic amines) is 1. The first-order valence-corrected chi connectivity index (χ1v) is 18.3. The molecule has 2 heterocycles. The number of rotatable bonds is 21. The molecule has 0 aliphatic carbocycles. The van der Waals surface area contributed by atoms with Crippen LogP contribution in [-0.4, -0.2) is 130 Å². The van der Waals surface area contributed by atoms with Crippen LogP contribution in [0.15, 0.2) is 30.5 Å². The van der Waals surface area contributed by atoms with Gasteiger partial charge in [0, 0.05) is 43.1 Å². The van der Waals surface area contributed by atoms with E-state index in [1.807, 2.05) is 0 Å². The molecule has 1 aromatic carbocycles. The number of alkyl halides is 2. The number of halogens is 2. The van der Waals surface area contributed by atoms with E-state index in [1.165, 1.54) is 25.4 Å². The van der Waals surface area contributed by atoms with Crippen LogP contribution in [0.1, 0.15) is 55.3 Å². The number of likely N-dealkylation sites (N-methyl/N-ethyl adjacent to an activating group) is 1. The van der Waals surface area contributed by atoms with Gasteiger partial charge in [-0.05, 0) is 38.4 Å². The van der Waals surface area contributed by atoms with Gasteiger partial charge < -0.3 is 47.0 Å². The molecule has 0 radical (unpaired) electrons. The number of carbonyl (C=O) groups is 8. The maximum atomic E-state index is 13.8. The molecular formula is C35H43F2N9O10S. The van der Waals surface area contributed by atoms with Crippen LogP contribution in [-0.2, 0) is 33.6 Å². The van der Waals surface area contributed by atoms with Gasteiger partial charge in [-0.2, -0.15) is 17.9 Å². The van der Waals surface area contributed by atoms with E-state index in [0.717, 1.165) is 4.90 Å². The maximum absolute atomic E-state index is 13.8. The van der Waals surface area contributed by atoms with Crippen molar-refractivity contribution in [1.82, 2.24) is 36.5 Å². The largest absolute Gasteiger partial charge is 0.481 e. The molecule has 22 heteroatoms. The number of carboxylic acid groups (broad SMARTS) is 2. The predicted molar refractivity (Wildman–Crippen MR) is 200 cm³/mol. The van der Waals surface area contributed by atoms with Gasteiger partial charge in [0.25, 0.3) is 11.8 Å². The molecule has 4 atom stereocenters. The molecule has 308 valence electrons. The minimum Gasteiger partial charge on any atom is -0.481 e. The summed E-state index contributed by atoms with van der Waals surface area (Å²) in [5.74, 6) is -10.5. The molecule has 8 N–H and O–H groups in total. The van der Waals surface area contributed by atoms with Crippen LogP contribution in [0.25, 0.3) is 10.9 Å². The minimum atomic E-state index is -3.21. The molecule has 1 aliphatic rings. The van der Waals surface area contributed by atoms with Crippen LogP contribution in [0.2, 0.25) is 0 Å². The second-order valence-corrected chi connectivity index (χ2v) is 13.3. The molecule has 2 aromatic rings. The highest BCUT2D eigenvalue weighted by atomic mass is 32.1. The predicted octanol–water partition coefficient (Wildman–Crippen LogP) is -0.224. The summed E-state index contributed by atoms with van der Waals surface area (Å²) in [5, 5.41) is 42.7. The number of aromatic nitrogens is 1. The molecule has 0 bridgehead atoms. The first-order chi connectivity index (χ1) is 27.0. The molecule has 3 rings (SSSR count). The quantitative estimate of drug-likeness (QED) is 0.0582. The van der Waals surface area contributed by atoms with Crippen molar-refractivity contribution in [3.8, 4) is 6.07 Å². The summed E-state index contributed by atoms with van der Waals surface area (Å²) in [5.41, 5.74) is 0.548. The number of nitrogens with zero attached hydrogens (tertiary/aromatic N) is 3. The van der Waals surface area contributed by atoms with E-state index >= 15 is 0 Å². The van der Waals surface area contributed by atoms with E-state index in [4.69, 9.17) is 10.4 Å². The molecular weight excluding hydrogens is 777 g/mol. The van der Waals surface area contributed by atoms with Gasteiger partial charge in [0.05, 0.1) is 48.4 Å². The summed E-state index contributed by atoms with van der Waals surface area (Å²) in [4.78, 5) is 104. The normalized spacial score (nSPS) is 16.0. The van der Waals surface area contributed by atoms with Gasteiger partial charge in [-0.25, -0.2) is 13.6 Å². The lowest BCUT2D eigenvalue weighted by Crippen LogP contribution is -2.55. The molecule has 0 saturated carbocycles. The molecule has 1 unspecified atom stereocenters. The number of anilines is 1. The summed E-state index contributed by atoms with van der Waals surface area (Å²) in [7, 11) is 1.48. The van der Waals surface area contributed by atoms with Crippen LogP contribution in [0.4, 0.5) is 14.5 Å². The van der Waals surface area contributed by atoms with Crippen molar-refractivity contribution in [2.45, 2.75) is 75.0 Å². The highest BCUT2D eigenvalue weighted by Gasteiger charge is 2.47. The summed E-state index contributed by atoms with van der Waals surface area (Å²) >= 11 is 3.84. The molecule has 19 nitrogen and oxygen atoms in total. The lowest BCUT2D eigenvalue weighted by molar-refractivity contribution is -0.143. The Morgan fingerprint density at radius 2 is 1.67 bits per heavy atom. The van der Waals surface area contributed by atoms with Crippen LogP contribution in [0, 0.1) is 11.3 Å². The highest BCUT2D eigenvalue weighted by molar-refractivity contribution is 7.80. The van der Waals surface area contributed by atoms with Gasteiger partial charge in [0.1, 0.15) is 18.1 Å². The summed E-state index contributed by atoms with van der Waals surface area (Å²) < 4.78 is 27.5. The Kier molecular flexibility index (Phi) is 17.0. The van der Waals surface area contributed by atoms with Crippen molar-refractivity contribution < 1.29 is 57.4 Å². The van der Waals surface area contributed by atoms with E-state index in [0.29, 0.717) is 18.2 Å². The molecule has 0 spiro atoms. The zero-order chi connectivity index (χ0) is 42.3. The van der Waals surface area contributed by atoms with Crippen molar-refractivity contribution in [3.05, 3.63) is 36.0 Å². The fourth-order valence-electron chi connectivity index (χ4n) is 5.77. The molecule has 1 saturated heterocycles. The third kappa shape index (κ3) is 13.6. The Bertz CT molecular complexity index is 1900. The lowest BCUT2D eigenvalue weighted by atomic mass is 10.1. The topological polar surface area (TPSA) is 289 Å². The summed E-state index contributed by atoms with van der Waals surface area (Å²) in [6.07, 6.45) is 0.416. The average molecular weight is 820 g/mol. The van der Waals surface area contributed by atoms with Crippen LogP contribution >= 0.6 is 12.6 Å². The fourth-order valence-corrected chi connectivity index (χ4v) is 6.02. The maximum Gasteiger partial charge on any atom is 0.327 e. The monoisotopic (exact) mass is 819 g/mol. The van der Waals surface area contributed by atoms with Gasteiger partial charge in [0.2, 0.25) is 29.5 Å². The number of nitriles is 1. The lowest BCUT2D eigenvalue weighted by Gasteiger charge is -2.22. The number of carbonyl (C=O) groups excluding carboxylic acids is 6. The Hall–Kier alpha value is -5.95. The third-order valence-corrected chi connectivity index (χ3v) is 9.09. The number of hydrogen-bond acceptors (Lipinski definition) is 12. The number of aliphatic carboxylic acids is 2. The van der Waals surface area contributed by atoms with E-state index in [-0.39, 0.29) is 48.3 Å². The number of thiol groups is 1. The minimum absolute atomic E-state index is 0.0823. The van der Waals surface area contributed by atoms with Gasteiger partial charge in [-0.15, -0.1) is 0 Å². The number of nitrogens with one attached hydrogen (secondary N) is 6. The van der Waals surface area contributed by atoms with Gasteiger partial charge in [-0.3, -0.25) is 38.5 Å². The number of fused-ring (bicyclic) bond motifs is 1. The number of unbranched alkanes of at least 4 members (excludes halogenated alkanes) is 1. The zero-order valence-corrected chi connectivity index (χ0v) is 31.6. The van der Waals surface area contributed by atoms with Gasteiger partial charge >= 0.3 is 11.9 Å². The van der Waals surface area contributed by atoms with Crippen molar-refractivity contribution in [1.29, 1.82) is 5.26 Å². The smallest absolute Gasteiger partial charge is 0.327 e. The van der Waals surface area contributed by atoms with Crippen molar-refractivity contribution in [2.24, 2.45) is 0 Å². The fraction of sp³-hybridized carbons (Fsp3) is 0.486. The highest BCUT2D eigenvalue weighted by Crippen LogP contribution is 2.31. The SMILES string of the molecule is CNC(CCCCNC(=O)CCC(=O)Nc1cccc2c(C(=O)NCC(=O)N3CC(F)(F)C[C@H]3C#N)ccnc12)C(=O)N[C@@H](CC(=O)O)C(=O)N[C@@H](CS)C(=O)O. The second-order valence-electron chi connectivity index (χ2n) is 12.9. The van der Waals surface area contributed by atoms with E-state index < -0.39 is 103 Å². The van der Waals surface area contributed by atoms with Gasteiger partial charge in [0.15, 0.2) is 0 Å². The van der Waals surface area contributed by atoms with Crippen molar-refractivity contribution in [2.75, 3.05) is 37.8 Å². The Balaban J connectivity index is 1.44. The van der Waals surface area contributed by atoms with E-state index in [2.05, 4.69) is 49.5 Å². The summed E-state index contributed by atoms with van der Waals surface area (Å²) in [6, 6.07) is 2.59. The zero-order valence-electron chi connectivity index (χ0n) is 30.7.